The van der Waals surface area contributed by atoms with Crippen molar-refractivity contribution >= 4 is 22.7 Å². The van der Waals surface area contributed by atoms with Gasteiger partial charge in [-0.15, -0.1) is 0 Å². The van der Waals surface area contributed by atoms with Gasteiger partial charge in [-0.3, -0.25) is 0 Å². The van der Waals surface area contributed by atoms with Gasteiger partial charge in [0, 0.05) is 35.7 Å². The Morgan fingerprint density at radius 3 is 2.69 bits per heavy atom. The van der Waals surface area contributed by atoms with Crippen molar-refractivity contribution in [2.75, 3.05) is 25.6 Å². The molecule has 9 nitrogen and oxygen atoms in total. The number of hydrogen-bond donors (Lipinski definition) is 1. The van der Waals surface area contributed by atoms with E-state index in [1.54, 1.807) is 35.8 Å². The van der Waals surface area contributed by atoms with Crippen molar-refractivity contribution in [1.29, 1.82) is 5.26 Å². The minimum atomic E-state index is -1.33. The molecule has 0 radical (unpaired) electrons. The van der Waals surface area contributed by atoms with Crippen LogP contribution in [-0.2, 0) is 6.54 Å². The molecule has 1 N–H and O–H groups in total. The zero-order chi connectivity index (χ0) is 24.9. The van der Waals surface area contributed by atoms with Crippen LogP contribution in [0.1, 0.15) is 23.0 Å². The molecule has 0 bridgehead atoms. The Morgan fingerprint density at radius 1 is 1.19 bits per heavy atom. The number of fused-ring (bicyclic) bond motifs is 1. The summed E-state index contributed by atoms with van der Waals surface area (Å²) >= 11 is 0. The monoisotopic (exact) mass is 497 g/mol. The molecule has 0 saturated carbocycles. The molecule has 0 unspecified atom stereocenters. The fraction of sp³-hybridized carbons (Fsp3) is 0.200. The Labute approximate surface area is 228 Å². The van der Waals surface area contributed by atoms with Crippen molar-refractivity contribution in [1.82, 2.24) is 14.5 Å². The first-order valence-corrected chi connectivity index (χ1v) is 10.8. The number of ether oxygens (including phenoxy) is 2. The predicted octanol–water partition coefficient (Wildman–Crippen LogP) is -0.00402. The van der Waals surface area contributed by atoms with Crippen LogP contribution in [-0.4, -0.2) is 40.8 Å². The number of carbonyl (C=O) groups is 1. The zero-order valence-electron chi connectivity index (χ0n) is 20.0. The number of nitrogens with one attached hydrogen (secondary N) is 1. The van der Waals surface area contributed by atoms with Crippen molar-refractivity contribution in [3.05, 3.63) is 65.9 Å². The molecule has 0 aliphatic heterocycles. The average molecular weight is 497 g/mol. The molecule has 11 heteroatoms. The summed E-state index contributed by atoms with van der Waals surface area (Å²) in [6.07, 6.45) is 1.38. The predicted molar refractivity (Wildman–Crippen MR) is 125 cm³/mol. The molecule has 4 aromatic rings. The number of aromatic carboxylic acids is 1. The molecule has 0 aliphatic rings. The molecule has 0 saturated heterocycles. The molecule has 2 heterocycles. The second-order valence-corrected chi connectivity index (χ2v) is 7.45. The van der Waals surface area contributed by atoms with E-state index >= 15 is 0 Å². The number of rotatable bonds is 9. The smallest absolute Gasteiger partial charge is 0.545 e. The minimum absolute atomic E-state index is 0. The van der Waals surface area contributed by atoms with Crippen molar-refractivity contribution < 1.29 is 53.3 Å². The first-order chi connectivity index (χ1) is 17.0. The largest absolute Gasteiger partial charge is 1.00 e. The maximum absolute atomic E-state index is 14.6. The van der Waals surface area contributed by atoms with Crippen LogP contribution in [0, 0.1) is 17.1 Å². The van der Waals surface area contributed by atoms with Crippen LogP contribution in [0.3, 0.4) is 0 Å². The molecule has 0 spiro atoms. The third-order valence-electron chi connectivity index (χ3n) is 5.41. The summed E-state index contributed by atoms with van der Waals surface area (Å²) in [4.78, 5) is 19.8. The molecular formula is C25H21FN5NaO4. The number of halogens is 1. The number of nitrogens with zero attached hydrogens (tertiary/aromatic N) is 4. The van der Waals surface area contributed by atoms with Crippen LogP contribution < -0.4 is 49.5 Å². The van der Waals surface area contributed by atoms with Gasteiger partial charge in [-0.2, -0.15) is 5.26 Å². The number of nitriles is 1. The van der Waals surface area contributed by atoms with E-state index in [9.17, 15) is 19.6 Å². The number of methoxy groups -OCH3 is 1. The van der Waals surface area contributed by atoms with Crippen LogP contribution in [0.2, 0.25) is 0 Å². The van der Waals surface area contributed by atoms with E-state index < -0.39 is 11.8 Å². The topological polar surface area (TPSA) is 125 Å². The molecule has 0 atom stereocenters. The number of carboxylic acid groups (broad SMARTS) is 1. The van der Waals surface area contributed by atoms with Gasteiger partial charge in [-0.1, -0.05) is 6.07 Å². The molecule has 2 aromatic carbocycles. The standard InChI is InChI=1S/C25H22FN5O4.Na/c1-3-35-22-10-15(4-5-17(22)25(32)33)20-12-23(30-14-29-20)28-8-9-31-16(13-27)11-18-21(34-2)7-6-19(26)24(18)31;/h4-7,10-12,14H,3,8-9H2,1-2H3,(H,32,33)(H,28,29,30);/q;+1/p-1. The average Bonchev–Trinajstić information content (AvgIpc) is 3.24. The van der Waals surface area contributed by atoms with Crippen LogP contribution >= 0.6 is 0 Å². The summed E-state index contributed by atoms with van der Waals surface area (Å²) in [7, 11) is 1.49. The molecule has 0 aliphatic carbocycles. The van der Waals surface area contributed by atoms with Crippen LogP contribution in [0.15, 0.2) is 48.8 Å². The van der Waals surface area contributed by atoms with Gasteiger partial charge in [0.1, 0.15) is 41.2 Å². The van der Waals surface area contributed by atoms with Crippen molar-refractivity contribution in [2.24, 2.45) is 0 Å². The number of benzene rings is 2. The first-order valence-electron chi connectivity index (χ1n) is 10.8. The summed E-state index contributed by atoms with van der Waals surface area (Å²) in [5, 5.41) is 24.5. The first kappa shape index (κ1) is 26.9. The van der Waals surface area contributed by atoms with Crippen molar-refractivity contribution in [3.8, 4) is 28.8 Å². The minimum Gasteiger partial charge on any atom is -0.545 e. The number of carbonyl (C=O) groups excluding carboxylic acids is 1. The Morgan fingerprint density at radius 2 is 2.00 bits per heavy atom. The second kappa shape index (κ2) is 11.9. The Kier molecular flexibility index (Phi) is 8.88. The van der Waals surface area contributed by atoms with Crippen LogP contribution in [0.4, 0.5) is 10.2 Å². The van der Waals surface area contributed by atoms with Gasteiger partial charge in [0.25, 0.3) is 0 Å². The summed E-state index contributed by atoms with van der Waals surface area (Å²) in [5.41, 5.74) is 1.75. The van der Waals surface area contributed by atoms with E-state index in [4.69, 9.17) is 9.47 Å². The van der Waals surface area contributed by atoms with E-state index in [-0.39, 0.29) is 40.9 Å². The van der Waals surface area contributed by atoms with Crippen LogP contribution in [0.5, 0.6) is 11.5 Å². The maximum atomic E-state index is 14.6. The third-order valence-corrected chi connectivity index (χ3v) is 5.41. The fourth-order valence-corrected chi connectivity index (χ4v) is 3.85. The van der Waals surface area contributed by atoms with Crippen molar-refractivity contribution in [3.63, 3.8) is 0 Å². The Bertz CT molecular complexity index is 1450. The van der Waals surface area contributed by atoms with Gasteiger partial charge >= 0.3 is 29.6 Å². The van der Waals surface area contributed by atoms with Gasteiger partial charge < -0.3 is 29.3 Å². The molecule has 0 fully saturated rings. The number of carboxylic acids is 1. The van der Waals surface area contributed by atoms with Crippen molar-refractivity contribution in [2.45, 2.75) is 13.5 Å². The zero-order valence-corrected chi connectivity index (χ0v) is 22.0. The van der Waals surface area contributed by atoms with Gasteiger partial charge in [0.2, 0.25) is 0 Å². The van der Waals surface area contributed by atoms with Gasteiger partial charge in [0.05, 0.1) is 30.9 Å². The number of hydrogen-bond acceptors (Lipinski definition) is 8. The summed E-state index contributed by atoms with van der Waals surface area (Å²) in [5.74, 6) is -0.588. The number of aromatic nitrogens is 3. The Hall–Kier alpha value is -3.65. The van der Waals surface area contributed by atoms with Crippen LogP contribution in [0.25, 0.3) is 22.2 Å². The van der Waals surface area contributed by atoms with E-state index in [0.29, 0.717) is 59.1 Å². The van der Waals surface area contributed by atoms with E-state index in [1.807, 2.05) is 0 Å². The third kappa shape index (κ3) is 5.44. The molecule has 178 valence electrons. The SMILES string of the molecule is CCOc1cc(-c2cc(NCCn3c(C#N)cc4c(OC)ccc(F)c43)ncn2)ccc1C(=O)[O-].[Na+]. The Balaban J connectivity index is 0.00000361. The normalized spacial score (nSPS) is 10.4. The number of anilines is 1. The molecule has 4 rings (SSSR count). The maximum Gasteiger partial charge on any atom is 1.00 e. The molecule has 2 aromatic heterocycles. The second-order valence-electron chi connectivity index (χ2n) is 7.45. The summed E-state index contributed by atoms with van der Waals surface area (Å²) < 4.78 is 26.9. The van der Waals surface area contributed by atoms with Gasteiger partial charge in [-0.25, -0.2) is 14.4 Å². The van der Waals surface area contributed by atoms with E-state index in [2.05, 4.69) is 21.4 Å². The molecule has 0 amide bonds. The quantitative estimate of drug-likeness (QED) is 0.321. The van der Waals surface area contributed by atoms with E-state index in [1.165, 1.54) is 31.6 Å². The van der Waals surface area contributed by atoms with Gasteiger partial charge in [0.15, 0.2) is 0 Å². The molecular weight excluding hydrogens is 476 g/mol. The fourth-order valence-electron chi connectivity index (χ4n) is 3.85. The summed E-state index contributed by atoms with van der Waals surface area (Å²) in [6, 6.07) is 12.9. The van der Waals surface area contributed by atoms with E-state index in [0.717, 1.165) is 0 Å². The van der Waals surface area contributed by atoms with Gasteiger partial charge in [-0.05, 0) is 37.3 Å². The molecule has 36 heavy (non-hydrogen) atoms. The summed E-state index contributed by atoms with van der Waals surface area (Å²) in [6.45, 7) is 2.70.